The number of ketones is 1. The van der Waals surface area contributed by atoms with Crippen LogP contribution in [0.3, 0.4) is 0 Å². The number of hydrogen-bond acceptors (Lipinski definition) is 3. The molecule has 0 saturated carbocycles. The molecule has 2 rings (SSSR count). The molecule has 3 nitrogen and oxygen atoms in total. The molecule has 0 fully saturated rings. The highest BCUT2D eigenvalue weighted by Gasteiger charge is 2.32. The lowest BCUT2D eigenvalue weighted by Crippen LogP contribution is -2.35. The third-order valence-electron chi connectivity index (χ3n) is 2.72. The number of hydrogen-bond donors (Lipinski definition) is 1. The lowest BCUT2D eigenvalue weighted by molar-refractivity contribution is 0.0619. The minimum absolute atomic E-state index is 0.0966. The predicted molar refractivity (Wildman–Crippen MR) is 60.9 cm³/mol. The van der Waals surface area contributed by atoms with Gasteiger partial charge in [-0.1, -0.05) is 6.07 Å². The zero-order valence-electron chi connectivity index (χ0n) is 9.62. The monoisotopic (exact) mass is 220 g/mol. The Labute approximate surface area is 95.0 Å². The molecule has 1 heterocycles. The lowest BCUT2D eigenvalue weighted by atomic mass is 9.92. The van der Waals surface area contributed by atoms with Crippen LogP contribution < -0.4 is 4.74 Å². The highest BCUT2D eigenvalue weighted by atomic mass is 16.5. The first kappa shape index (κ1) is 11.1. The maximum Gasteiger partial charge on any atom is 0.170 e. The van der Waals surface area contributed by atoms with Gasteiger partial charge in [0, 0.05) is 6.61 Å². The number of Topliss-reactive ketones (excluding diaryl/α,β-unsaturated/α-hetero) is 1. The molecule has 0 atom stereocenters. The third kappa shape index (κ3) is 2.09. The second kappa shape index (κ2) is 3.91. The van der Waals surface area contributed by atoms with Crippen LogP contribution in [-0.4, -0.2) is 23.1 Å². The number of rotatable bonds is 2. The van der Waals surface area contributed by atoms with Crippen LogP contribution in [0.2, 0.25) is 0 Å². The first-order chi connectivity index (χ1) is 7.52. The standard InChI is InChI=1S/C13H16O3/c1-13(2)8-11(15)10-7-9(5-6-14)3-4-12(10)16-13/h3-4,7,14H,5-6,8H2,1-2H3. The average molecular weight is 220 g/mol. The van der Waals surface area contributed by atoms with Gasteiger partial charge in [-0.3, -0.25) is 4.79 Å². The van der Waals surface area contributed by atoms with Gasteiger partial charge in [0.1, 0.15) is 11.4 Å². The van der Waals surface area contributed by atoms with Gasteiger partial charge in [-0.05, 0) is 38.0 Å². The number of aliphatic hydroxyl groups is 1. The topological polar surface area (TPSA) is 46.5 Å². The van der Waals surface area contributed by atoms with Crippen molar-refractivity contribution in [2.45, 2.75) is 32.3 Å². The first-order valence-electron chi connectivity index (χ1n) is 5.48. The van der Waals surface area contributed by atoms with Gasteiger partial charge >= 0.3 is 0 Å². The van der Waals surface area contributed by atoms with Crippen LogP contribution >= 0.6 is 0 Å². The third-order valence-corrected chi connectivity index (χ3v) is 2.72. The number of carbonyl (C=O) groups excluding carboxylic acids is 1. The fourth-order valence-corrected chi connectivity index (χ4v) is 1.98. The van der Waals surface area contributed by atoms with Crippen molar-refractivity contribution in [2.24, 2.45) is 0 Å². The van der Waals surface area contributed by atoms with Crippen LogP contribution in [0.1, 0.15) is 36.2 Å². The Morgan fingerprint density at radius 3 is 2.88 bits per heavy atom. The first-order valence-corrected chi connectivity index (χ1v) is 5.48. The predicted octanol–water partition coefficient (Wildman–Crippen LogP) is 1.97. The Balaban J connectivity index is 2.37. The normalized spacial score (nSPS) is 17.8. The van der Waals surface area contributed by atoms with E-state index in [1.807, 2.05) is 32.0 Å². The molecule has 1 aliphatic rings. The molecule has 0 radical (unpaired) electrons. The van der Waals surface area contributed by atoms with Gasteiger partial charge < -0.3 is 9.84 Å². The Morgan fingerprint density at radius 1 is 1.44 bits per heavy atom. The van der Waals surface area contributed by atoms with Crippen LogP contribution in [-0.2, 0) is 6.42 Å². The summed E-state index contributed by atoms with van der Waals surface area (Å²) in [5, 5.41) is 8.86. The summed E-state index contributed by atoms with van der Waals surface area (Å²) in [6.45, 7) is 3.92. The van der Waals surface area contributed by atoms with Gasteiger partial charge in [-0.15, -0.1) is 0 Å². The summed E-state index contributed by atoms with van der Waals surface area (Å²) in [4.78, 5) is 11.9. The van der Waals surface area contributed by atoms with E-state index in [0.29, 0.717) is 24.2 Å². The van der Waals surface area contributed by atoms with E-state index < -0.39 is 5.60 Å². The van der Waals surface area contributed by atoms with E-state index in [-0.39, 0.29) is 12.4 Å². The largest absolute Gasteiger partial charge is 0.487 e. The zero-order chi connectivity index (χ0) is 11.8. The second-order valence-corrected chi connectivity index (χ2v) is 4.77. The smallest absolute Gasteiger partial charge is 0.170 e. The summed E-state index contributed by atoms with van der Waals surface area (Å²) in [5.41, 5.74) is 1.20. The molecule has 0 aromatic heterocycles. The Kier molecular flexibility index (Phi) is 2.72. The molecule has 1 N–H and O–H groups in total. The molecular weight excluding hydrogens is 204 g/mol. The van der Waals surface area contributed by atoms with Crippen molar-refractivity contribution in [3.63, 3.8) is 0 Å². The van der Waals surface area contributed by atoms with E-state index in [4.69, 9.17) is 9.84 Å². The van der Waals surface area contributed by atoms with E-state index in [1.165, 1.54) is 0 Å². The number of fused-ring (bicyclic) bond motifs is 1. The highest BCUT2D eigenvalue weighted by Crippen LogP contribution is 2.33. The molecule has 0 spiro atoms. The van der Waals surface area contributed by atoms with Crippen molar-refractivity contribution in [1.29, 1.82) is 0 Å². The quantitative estimate of drug-likeness (QED) is 0.828. The summed E-state index contributed by atoms with van der Waals surface area (Å²) >= 11 is 0. The van der Waals surface area contributed by atoms with E-state index in [9.17, 15) is 4.79 Å². The van der Waals surface area contributed by atoms with Crippen LogP contribution in [0.5, 0.6) is 5.75 Å². The summed E-state index contributed by atoms with van der Waals surface area (Å²) in [6.07, 6.45) is 0.979. The molecule has 86 valence electrons. The van der Waals surface area contributed by atoms with Crippen molar-refractivity contribution < 1.29 is 14.6 Å². The molecular formula is C13H16O3. The van der Waals surface area contributed by atoms with Crippen molar-refractivity contribution in [2.75, 3.05) is 6.61 Å². The summed E-state index contributed by atoms with van der Waals surface area (Å²) in [6, 6.07) is 5.53. The number of carbonyl (C=O) groups is 1. The average Bonchev–Trinajstić information content (AvgIpc) is 2.18. The molecule has 3 heteroatoms. The Morgan fingerprint density at radius 2 is 2.19 bits per heavy atom. The second-order valence-electron chi connectivity index (χ2n) is 4.77. The highest BCUT2D eigenvalue weighted by molar-refractivity contribution is 6.00. The van der Waals surface area contributed by atoms with Gasteiger partial charge in [-0.2, -0.15) is 0 Å². The Bertz CT molecular complexity index is 421. The van der Waals surface area contributed by atoms with Crippen molar-refractivity contribution in [3.05, 3.63) is 29.3 Å². The van der Waals surface area contributed by atoms with E-state index in [2.05, 4.69) is 0 Å². The van der Waals surface area contributed by atoms with Crippen LogP contribution in [0.25, 0.3) is 0 Å². The fourth-order valence-electron chi connectivity index (χ4n) is 1.98. The maximum absolute atomic E-state index is 11.9. The number of aliphatic hydroxyl groups excluding tert-OH is 1. The molecule has 0 saturated heterocycles. The molecule has 0 amide bonds. The molecule has 1 aromatic carbocycles. The molecule has 16 heavy (non-hydrogen) atoms. The molecule has 0 unspecified atom stereocenters. The minimum atomic E-state index is -0.414. The van der Waals surface area contributed by atoms with E-state index >= 15 is 0 Å². The summed E-state index contributed by atoms with van der Waals surface area (Å²) in [7, 11) is 0. The van der Waals surface area contributed by atoms with Crippen molar-refractivity contribution in [1.82, 2.24) is 0 Å². The van der Waals surface area contributed by atoms with Crippen LogP contribution in [0.4, 0.5) is 0 Å². The van der Waals surface area contributed by atoms with Gasteiger partial charge in [0.05, 0.1) is 12.0 Å². The van der Waals surface area contributed by atoms with Gasteiger partial charge in [0.25, 0.3) is 0 Å². The van der Waals surface area contributed by atoms with Crippen LogP contribution in [0, 0.1) is 0 Å². The molecule has 0 aliphatic carbocycles. The van der Waals surface area contributed by atoms with Crippen molar-refractivity contribution in [3.8, 4) is 5.75 Å². The Hall–Kier alpha value is -1.35. The summed E-state index contributed by atoms with van der Waals surface area (Å²) in [5.74, 6) is 0.772. The lowest BCUT2D eigenvalue weighted by Gasteiger charge is -2.31. The van der Waals surface area contributed by atoms with Gasteiger partial charge in [0.2, 0.25) is 0 Å². The molecule has 0 bridgehead atoms. The summed E-state index contributed by atoms with van der Waals surface area (Å²) < 4.78 is 5.74. The number of benzene rings is 1. The SMILES string of the molecule is CC1(C)CC(=O)c2cc(CCO)ccc2O1. The van der Waals surface area contributed by atoms with E-state index in [1.54, 1.807) is 0 Å². The molecule has 1 aromatic rings. The zero-order valence-corrected chi connectivity index (χ0v) is 9.62. The fraction of sp³-hybridized carbons (Fsp3) is 0.462. The van der Waals surface area contributed by atoms with E-state index in [0.717, 1.165) is 5.56 Å². The van der Waals surface area contributed by atoms with Crippen LogP contribution in [0.15, 0.2) is 18.2 Å². The number of ether oxygens (including phenoxy) is 1. The van der Waals surface area contributed by atoms with Gasteiger partial charge in [-0.25, -0.2) is 0 Å². The van der Waals surface area contributed by atoms with Gasteiger partial charge in [0.15, 0.2) is 5.78 Å². The van der Waals surface area contributed by atoms with Crippen molar-refractivity contribution >= 4 is 5.78 Å². The molecule has 1 aliphatic heterocycles. The minimum Gasteiger partial charge on any atom is -0.487 e. The maximum atomic E-state index is 11.9.